The first-order valence-corrected chi connectivity index (χ1v) is 7.59. The smallest absolute Gasteiger partial charge is 0.0455 e. The molecule has 2 aliphatic heterocycles. The zero-order valence-corrected chi connectivity index (χ0v) is 12.5. The average molecular weight is 314 g/mol. The molecule has 0 radical (unpaired) electrons. The highest BCUT2D eigenvalue weighted by molar-refractivity contribution is 9.10. The molecule has 2 bridgehead atoms. The van der Waals surface area contributed by atoms with E-state index in [9.17, 15) is 0 Å². The Balaban J connectivity index is 1.91. The zero-order valence-electron chi connectivity index (χ0n) is 10.9. The molecule has 2 atom stereocenters. The first-order valence-electron chi connectivity index (χ1n) is 6.80. The Labute approximate surface area is 122 Å². The van der Waals surface area contributed by atoms with Gasteiger partial charge in [-0.25, -0.2) is 0 Å². The quantitative estimate of drug-likeness (QED) is 0.772. The van der Waals surface area contributed by atoms with Gasteiger partial charge in [-0.2, -0.15) is 0 Å². The summed E-state index contributed by atoms with van der Waals surface area (Å²) in [5, 5.41) is 3.85. The normalized spacial score (nSPS) is 27.6. The van der Waals surface area contributed by atoms with E-state index in [0.717, 1.165) is 12.8 Å². The van der Waals surface area contributed by atoms with Crippen LogP contribution in [0.4, 0.5) is 0 Å². The maximum atomic E-state index is 3.85. The van der Waals surface area contributed by atoms with Crippen molar-refractivity contribution in [3.63, 3.8) is 0 Å². The molecule has 0 saturated carbocycles. The molecule has 2 aromatic carbocycles. The minimum absolute atomic E-state index is 0.0659. The van der Waals surface area contributed by atoms with Crippen LogP contribution in [0, 0.1) is 0 Å². The standard InChI is InChI=1S/C17H16BrN/c1-17-10-12-5-3-2-4-11(12)8-16(19-17)14-7-6-13(18)9-15(14)17/h2-7,9,16,19H,8,10H2,1H3/t16-,17+/m1/s1. The van der Waals surface area contributed by atoms with Crippen molar-refractivity contribution in [2.24, 2.45) is 0 Å². The van der Waals surface area contributed by atoms with E-state index in [2.05, 4.69) is 70.6 Å². The molecule has 4 rings (SSSR count). The summed E-state index contributed by atoms with van der Waals surface area (Å²) in [4.78, 5) is 0. The van der Waals surface area contributed by atoms with E-state index in [1.165, 1.54) is 26.7 Å². The molecule has 0 aliphatic carbocycles. The number of benzene rings is 2. The molecular weight excluding hydrogens is 298 g/mol. The fourth-order valence-electron chi connectivity index (χ4n) is 3.69. The van der Waals surface area contributed by atoms with E-state index >= 15 is 0 Å². The lowest BCUT2D eigenvalue weighted by atomic mass is 9.82. The van der Waals surface area contributed by atoms with Crippen molar-refractivity contribution in [1.29, 1.82) is 0 Å². The number of rotatable bonds is 0. The Morgan fingerprint density at radius 2 is 1.95 bits per heavy atom. The third-order valence-corrected chi connectivity index (χ3v) is 5.06. The maximum absolute atomic E-state index is 3.85. The molecule has 2 aliphatic rings. The van der Waals surface area contributed by atoms with Gasteiger partial charge in [-0.1, -0.05) is 46.3 Å². The second kappa shape index (κ2) is 3.94. The highest BCUT2D eigenvalue weighted by Gasteiger charge is 2.42. The van der Waals surface area contributed by atoms with Crippen molar-refractivity contribution < 1.29 is 0 Å². The summed E-state index contributed by atoms with van der Waals surface area (Å²) in [7, 11) is 0. The van der Waals surface area contributed by atoms with Crippen LogP contribution in [0.25, 0.3) is 0 Å². The summed E-state index contributed by atoms with van der Waals surface area (Å²) in [6.45, 7) is 2.33. The molecule has 0 fully saturated rings. The van der Waals surface area contributed by atoms with Gasteiger partial charge in [-0.15, -0.1) is 0 Å². The number of hydrogen-bond acceptors (Lipinski definition) is 1. The maximum Gasteiger partial charge on any atom is 0.0455 e. The fourth-order valence-corrected chi connectivity index (χ4v) is 4.05. The Bertz CT molecular complexity index is 664. The number of fused-ring (bicyclic) bond motifs is 6. The van der Waals surface area contributed by atoms with Crippen molar-refractivity contribution in [2.45, 2.75) is 31.3 Å². The molecule has 0 amide bonds. The Kier molecular flexibility index (Phi) is 2.42. The third-order valence-electron chi connectivity index (χ3n) is 4.56. The van der Waals surface area contributed by atoms with Crippen LogP contribution in [0.2, 0.25) is 0 Å². The van der Waals surface area contributed by atoms with E-state index in [1.54, 1.807) is 0 Å². The van der Waals surface area contributed by atoms with Crippen LogP contribution in [-0.2, 0) is 18.4 Å². The first-order chi connectivity index (χ1) is 9.16. The van der Waals surface area contributed by atoms with Crippen molar-refractivity contribution in [3.05, 3.63) is 69.2 Å². The molecule has 96 valence electrons. The monoisotopic (exact) mass is 313 g/mol. The highest BCUT2D eigenvalue weighted by Crippen LogP contribution is 2.44. The minimum atomic E-state index is 0.0659. The Morgan fingerprint density at radius 1 is 1.16 bits per heavy atom. The predicted molar refractivity (Wildman–Crippen MR) is 81.2 cm³/mol. The van der Waals surface area contributed by atoms with Gasteiger partial charge in [-0.05, 0) is 54.2 Å². The first kappa shape index (κ1) is 11.7. The predicted octanol–water partition coefficient (Wildman–Crippen LogP) is 4.11. The fraction of sp³-hybridized carbons (Fsp3) is 0.294. The zero-order chi connectivity index (χ0) is 13.0. The molecule has 0 aromatic heterocycles. The van der Waals surface area contributed by atoms with Crippen LogP contribution in [0.15, 0.2) is 46.9 Å². The van der Waals surface area contributed by atoms with Crippen LogP contribution in [0.3, 0.4) is 0 Å². The summed E-state index contributed by atoms with van der Waals surface area (Å²) in [6, 6.07) is 16.0. The van der Waals surface area contributed by atoms with E-state index in [-0.39, 0.29) is 5.54 Å². The lowest BCUT2D eigenvalue weighted by Gasteiger charge is -2.26. The van der Waals surface area contributed by atoms with Gasteiger partial charge in [0.1, 0.15) is 0 Å². The van der Waals surface area contributed by atoms with Gasteiger partial charge in [0.15, 0.2) is 0 Å². The van der Waals surface area contributed by atoms with E-state index in [4.69, 9.17) is 0 Å². The number of nitrogens with one attached hydrogen (secondary N) is 1. The summed E-state index contributed by atoms with van der Waals surface area (Å²) in [6.07, 6.45) is 2.17. The Hall–Kier alpha value is -1.12. The summed E-state index contributed by atoms with van der Waals surface area (Å²) < 4.78 is 1.17. The van der Waals surface area contributed by atoms with Gasteiger partial charge in [0.2, 0.25) is 0 Å². The van der Waals surface area contributed by atoms with E-state index < -0.39 is 0 Å². The van der Waals surface area contributed by atoms with Gasteiger partial charge >= 0.3 is 0 Å². The van der Waals surface area contributed by atoms with Gasteiger partial charge in [-0.3, -0.25) is 0 Å². The van der Waals surface area contributed by atoms with Gasteiger partial charge in [0.25, 0.3) is 0 Å². The SMILES string of the molecule is C[C@@]12Cc3ccccc3C[C@@H](N1)c1ccc(Br)cc12. The molecule has 0 unspecified atom stereocenters. The Morgan fingerprint density at radius 3 is 2.79 bits per heavy atom. The molecule has 19 heavy (non-hydrogen) atoms. The van der Waals surface area contributed by atoms with Gasteiger partial charge in [0, 0.05) is 16.1 Å². The summed E-state index contributed by atoms with van der Waals surface area (Å²) in [5.41, 5.74) is 5.99. The van der Waals surface area contributed by atoms with Crippen molar-refractivity contribution >= 4 is 15.9 Å². The van der Waals surface area contributed by atoms with E-state index in [1.807, 2.05) is 0 Å². The minimum Gasteiger partial charge on any atom is -0.300 e. The lowest BCUT2D eigenvalue weighted by Crippen LogP contribution is -2.36. The molecule has 1 nitrogen and oxygen atoms in total. The van der Waals surface area contributed by atoms with E-state index in [0.29, 0.717) is 6.04 Å². The lowest BCUT2D eigenvalue weighted by molar-refractivity contribution is 0.368. The number of halogens is 1. The molecule has 1 N–H and O–H groups in total. The second-order valence-corrected chi connectivity index (χ2v) is 6.83. The number of hydrogen-bond donors (Lipinski definition) is 1. The molecule has 2 aromatic rings. The van der Waals surface area contributed by atoms with Crippen LogP contribution < -0.4 is 5.32 Å². The van der Waals surface area contributed by atoms with Crippen LogP contribution in [0.5, 0.6) is 0 Å². The highest BCUT2D eigenvalue weighted by atomic mass is 79.9. The largest absolute Gasteiger partial charge is 0.300 e. The van der Waals surface area contributed by atoms with Gasteiger partial charge < -0.3 is 5.32 Å². The molecule has 2 heteroatoms. The molecular formula is C17H16BrN. The van der Waals surface area contributed by atoms with Crippen LogP contribution in [-0.4, -0.2) is 0 Å². The van der Waals surface area contributed by atoms with Crippen LogP contribution >= 0.6 is 15.9 Å². The topological polar surface area (TPSA) is 12.0 Å². The summed E-state index contributed by atoms with van der Waals surface area (Å²) in [5.74, 6) is 0. The van der Waals surface area contributed by atoms with Crippen molar-refractivity contribution in [1.82, 2.24) is 5.32 Å². The summed E-state index contributed by atoms with van der Waals surface area (Å²) >= 11 is 3.61. The third kappa shape index (κ3) is 1.70. The second-order valence-electron chi connectivity index (χ2n) is 5.91. The van der Waals surface area contributed by atoms with Gasteiger partial charge in [0.05, 0.1) is 0 Å². The van der Waals surface area contributed by atoms with Crippen LogP contribution in [0.1, 0.15) is 35.2 Å². The average Bonchev–Trinajstić information content (AvgIpc) is 2.56. The molecule has 2 heterocycles. The molecule has 0 spiro atoms. The molecule has 0 saturated heterocycles. The van der Waals surface area contributed by atoms with Crippen molar-refractivity contribution in [2.75, 3.05) is 0 Å². The van der Waals surface area contributed by atoms with Crippen molar-refractivity contribution in [3.8, 4) is 0 Å².